The molecule has 1 heterocycles. The summed E-state index contributed by atoms with van der Waals surface area (Å²) in [7, 11) is 0. The van der Waals surface area contributed by atoms with E-state index >= 15 is 0 Å². The number of piperidine rings is 1. The van der Waals surface area contributed by atoms with Gasteiger partial charge in [0, 0.05) is 11.0 Å². The summed E-state index contributed by atoms with van der Waals surface area (Å²) in [6.07, 6.45) is 1.92. The number of carbonyl (C=O) groups is 2. The van der Waals surface area contributed by atoms with Crippen LogP contribution in [0.3, 0.4) is 0 Å². The third-order valence-electron chi connectivity index (χ3n) is 3.21. The summed E-state index contributed by atoms with van der Waals surface area (Å²) in [6, 6.07) is 3.21. The van der Waals surface area contributed by atoms with Crippen molar-refractivity contribution in [2.24, 2.45) is 0 Å². The normalized spacial score (nSPS) is 19.3. The molecule has 1 aliphatic heterocycles. The Kier molecular flexibility index (Phi) is 4.19. The molecule has 1 saturated heterocycles. The average Bonchev–Trinajstić information content (AvgIpc) is 2.40. The van der Waals surface area contributed by atoms with Gasteiger partial charge in [0.1, 0.15) is 11.9 Å². The summed E-state index contributed by atoms with van der Waals surface area (Å²) in [6.45, 7) is 0.349. The molecule has 1 N–H and O–H groups in total. The van der Waals surface area contributed by atoms with Crippen molar-refractivity contribution in [2.75, 3.05) is 6.54 Å². The van der Waals surface area contributed by atoms with Gasteiger partial charge in [0.05, 0.1) is 5.56 Å². The van der Waals surface area contributed by atoms with Gasteiger partial charge in [0.15, 0.2) is 0 Å². The second-order valence-corrected chi connectivity index (χ2v) is 5.39. The maximum Gasteiger partial charge on any atom is 0.326 e. The standard InChI is InChI=1S/C13H13BrFNO3/c14-8-4-5-10(15)9(7-8)12(17)16-6-2-1-3-11(16)13(18)19/h4-5,7,11H,1-3,6H2,(H,18,19)/t11-/m0/s1. The molecule has 1 aromatic carbocycles. The lowest BCUT2D eigenvalue weighted by Gasteiger charge is -2.33. The molecule has 1 aromatic rings. The Bertz CT molecular complexity index is 521. The van der Waals surface area contributed by atoms with E-state index in [4.69, 9.17) is 5.11 Å². The first-order chi connectivity index (χ1) is 9.00. The van der Waals surface area contributed by atoms with Crippen molar-refractivity contribution < 1.29 is 19.1 Å². The van der Waals surface area contributed by atoms with E-state index in [2.05, 4.69) is 15.9 Å². The number of rotatable bonds is 2. The lowest BCUT2D eigenvalue weighted by molar-refractivity contribution is -0.143. The van der Waals surface area contributed by atoms with E-state index in [1.807, 2.05) is 0 Å². The second-order valence-electron chi connectivity index (χ2n) is 4.47. The molecule has 1 fully saturated rings. The van der Waals surface area contributed by atoms with Gasteiger partial charge in [-0.2, -0.15) is 0 Å². The van der Waals surface area contributed by atoms with Crippen molar-refractivity contribution in [3.8, 4) is 0 Å². The molecule has 0 aromatic heterocycles. The van der Waals surface area contributed by atoms with E-state index < -0.39 is 23.7 Å². The van der Waals surface area contributed by atoms with Crippen LogP contribution in [0, 0.1) is 5.82 Å². The maximum absolute atomic E-state index is 13.7. The number of carboxylic acids is 1. The lowest BCUT2D eigenvalue weighted by Crippen LogP contribution is -2.48. The average molecular weight is 330 g/mol. The van der Waals surface area contributed by atoms with E-state index in [0.29, 0.717) is 17.4 Å². The van der Waals surface area contributed by atoms with Crippen molar-refractivity contribution in [3.05, 3.63) is 34.1 Å². The summed E-state index contributed by atoms with van der Waals surface area (Å²) >= 11 is 3.18. The minimum atomic E-state index is -1.04. The van der Waals surface area contributed by atoms with Crippen LogP contribution in [0.5, 0.6) is 0 Å². The molecule has 0 bridgehead atoms. The topological polar surface area (TPSA) is 57.6 Å². The van der Waals surface area contributed by atoms with Crippen LogP contribution in [0.15, 0.2) is 22.7 Å². The summed E-state index contributed by atoms with van der Waals surface area (Å²) in [5.74, 6) is -2.24. The molecule has 1 aliphatic rings. The van der Waals surface area contributed by atoms with Crippen LogP contribution < -0.4 is 0 Å². The predicted octanol–water partition coefficient (Wildman–Crippen LogP) is 2.67. The molecule has 1 atom stereocenters. The van der Waals surface area contributed by atoms with Gasteiger partial charge < -0.3 is 10.0 Å². The summed E-state index contributed by atoms with van der Waals surface area (Å²) in [5.41, 5.74) is -0.0949. The third-order valence-corrected chi connectivity index (χ3v) is 3.70. The Labute approximate surface area is 118 Å². The van der Waals surface area contributed by atoms with Crippen LogP contribution in [-0.2, 0) is 4.79 Å². The number of carbonyl (C=O) groups excluding carboxylic acids is 1. The van der Waals surface area contributed by atoms with Gasteiger partial charge in [-0.3, -0.25) is 4.79 Å². The van der Waals surface area contributed by atoms with E-state index in [-0.39, 0.29) is 5.56 Å². The van der Waals surface area contributed by atoms with E-state index in [1.165, 1.54) is 23.1 Å². The number of nitrogens with zero attached hydrogens (tertiary/aromatic N) is 1. The monoisotopic (exact) mass is 329 g/mol. The van der Waals surface area contributed by atoms with Crippen molar-refractivity contribution >= 4 is 27.8 Å². The van der Waals surface area contributed by atoms with Crippen LogP contribution in [0.4, 0.5) is 4.39 Å². The highest BCUT2D eigenvalue weighted by Crippen LogP contribution is 2.23. The summed E-state index contributed by atoms with van der Waals surface area (Å²) in [4.78, 5) is 24.7. The van der Waals surface area contributed by atoms with Crippen molar-refractivity contribution in [2.45, 2.75) is 25.3 Å². The largest absolute Gasteiger partial charge is 0.480 e. The Balaban J connectivity index is 2.31. The van der Waals surface area contributed by atoms with Crippen molar-refractivity contribution in [1.29, 1.82) is 0 Å². The fourth-order valence-electron chi connectivity index (χ4n) is 2.25. The third kappa shape index (κ3) is 2.94. The zero-order chi connectivity index (χ0) is 14.0. The maximum atomic E-state index is 13.7. The minimum Gasteiger partial charge on any atom is -0.480 e. The number of halogens is 2. The Morgan fingerprint density at radius 3 is 2.79 bits per heavy atom. The number of hydrogen-bond donors (Lipinski definition) is 1. The van der Waals surface area contributed by atoms with Gasteiger partial charge in [-0.15, -0.1) is 0 Å². The van der Waals surface area contributed by atoms with Crippen LogP contribution in [0.1, 0.15) is 29.6 Å². The van der Waals surface area contributed by atoms with Crippen LogP contribution in [0.25, 0.3) is 0 Å². The summed E-state index contributed by atoms with van der Waals surface area (Å²) < 4.78 is 14.3. The molecule has 6 heteroatoms. The fourth-order valence-corrected chi connectivity index (χ4v) is 2.61. The number of amides is 1. The highest BCUT2D eigenvalue weighted by molar-refractivity contribution is 9.10. The molecule has 102 valence electrons. The highest BCUT2D eigenvalue weighted by Gasteiger charge is 2.33. The molecular formula is C13H13BrFNO3. The lowest BCUT2D eigenvalue weighted by atomic mass is 10.0. The van der Waals surface area contributed by atoms with Gasteiger partial charge in [0.25, 0.3) is 5.91 Å². The van der Waals surface area contributed by atoms with Gasteiger partial charge >= 0.3 is 5.97 Å². The van der Waals surface area contributed by atoms with Crippen LogP contribution >= 0.6 is 15.9 Å². The molecule has 4 nitrogen and oxygen atoms in total. The van der Waals surface area contributed by atoms with Gasteiger partial charge in [-0.1, -0.05) is 15.9 Å². The highest BCUT2D eigenvalue weighted by atomic mass is 79.9. The first-order valence-corrected chi connectivity index (χ1v) is 6.79. The van der Waals surface area contributed by atoms with E-state index in [1.54, 1.807) is 0 Å². The zero-order valence-corrected chi connectivity index (χ0v) is 11.7. The van der Waals surface area contributed by atoms with Gasteiger partial charge in [0.2, 0.25) is 0 Å². The van der Waals surface area contributed by atoms with E-state index in [0.717, 1.165) is 12.8 Å². The molecule has 0 spiro atoms. The first-order valence-electron chi connectivity index (χ1n) is 5.99. The van der Waals surface area contributed by atoms with Gasteiger partial charge in [-0.25, -0.2) is 9.18 Å². The Hall–Kier alpha value is -1.43. The fraction of sp³-hybridized carbons (Fsp3) is 0.385. The zero-order valence-electron chi connectivity index (χ0n) is 10.1. The van der Waals surface area contributed by atoms with Crippen molar-refractivity contribution in [3.63, 3.8) is 0 Å². The molecule has 19 heavy (non-hydrogen) atoms. The first kappa shape index (κ1) is 14.0. The molecule has 1 amide bonds. The minimum absolute atomic E-state index is 0.0949. The predicted molar refractivity (Wildman–Crippen MR) is 70.4 cm³/mol. The molecule has 0 aliphatic carbocycles. The molecular weight excluding hydrogens is 317 g/mol. The molecule has 0 unspecified atom stereocenters. The number of carboxylic acid groups (broad SMARTS) is 1. The number of likely N-dealkylation sites (tertiary alicyclic amines) is 1. The van der Waals surface area contributed by atoms with Crippen LogP contribution in [-0.4, -0.2) is 34.5 Å². The smallest absolute Gasteiger partial charge is 0.326 e. The van der Waals surface area contributed by atoms with Crippen LogP contribution in [0.2, 0.25) is 0 Å². The molecule has 0 radical (unpaired) electrons. The van der Waals surface area contributed by atoms with Gasteiger partial charge in [-0.05, 0) is 37.5 Å². The molecule has 2 rings (SSSR count). The molecule has 0 saturated carbocycles. The second kappa shape index (κ2) is 5.69. The number of benzene rings is 1. The van der Waals surface area contributed by atoms with E-state index in [9.17, 15) is 14.0 Å². The Morgan fingerprint density at radius 2 is 2.11 bits per heavy atom. The SMILES string of the molecule is O=C(O)[C@@H]1CCCCN1C(=O)c1cc(Br)ccc1F. The summed E-state index contributed by atoms with van der Waals surface area (Å²) in [5, 5.41) is 9.13. The number of hydrogen-bond acceptors (Lipinski definition) is 2. The quantitative estimate of drug-likeness (QED) is 0.907. The van der Waals surface area contributed by atoms with Crippen molar-refractivity contribution in [1.82, 2.24) is 4.90 Å². The Morgan fingerprint density at radius 1 is 1.37 bits per heavy atom. The number of aliphatic carboxylic acids is 1.